The molecule has 0 aliphatic heterocycles. The van der Waals surface area contributed by atoms with Crippen LogP contribution in [-0.2, 0) is 0 Å². The average molecular weight is 283 g/mol. The third kappa shape index (κ3) is 3.38. The summed E-state index contributed by atoms with van der Waals surface area (Å²) in [5.41, 5.74) is 2.29. The largest absolute Gasteiger partial charge is 0.473 e. The van der Waals surface area contributed by atoms with Gasteiger partial charge in [0, 0.05) is 5.56 Å². The van der Waals surface area contributed by atoms with Crippen LogP contribution in [0.1, 0.15) is 51.2 Å². The van der Waals surface area contributed by atoms with Crippen molar-refractivity contribution in [3.8, 4) is 5.88 Å². The fourth-order valence-electron chi connectivity index (χ4n) is 3.17. The molecule has 19 heavy (non-hydrogen) atoms. The molecule has 1 aromatic rings. The van der Waals surface area contributed by atoms with Crippen LogP contribution >= 0.6 is 11.6 Å². The standard InChI is InChI=1S/C15H23ClN2O/c1-9-6-12(8-15(4,5)7-9)19-14-11(3)10(2)13(16)17-18-14/h9,12H,6-8H2,1-5H3. The molecular weight excluding hydrogens is 260 g/mol. The zero-order valence-electron chi connectivity index (χ0n) is 12.5. The topological polar surface area (TPSA) is 35.0 Å². The van der Waals surface area contributed by atoms with Gasteiger partial charge in [-0.1, -0.05) is 32.4 Å². The quantitative estimate of drug-likeness (QED) is 0.809. The molecule has 2 atom stereocenters. The van der Waals surface area contributed by atoms with E-state index >= 15 is 0 Å². The first-order valence-corrected chi connectivity index (χ1v) is 7.32. The molecule has 4 heteroatoms. The van der Waals surface area contributed by atoms with Crippen LogP contribution in [0.3, 0.4) is 0 Å². The van der Waals surface area contributed by atoms with Crippen LogP contribution in [0.2, 0.25) is 5.15 Å². The van der Waals surface area contributed by atoms with Crippen molar-refractivity contribution in [1.82, 2.24) is 10.2 Å². The number of aromatic nitrogens is 2. The highest BCUT2D eigenvalue weighted by Gasteiger charge is 2.33. The van der Waals surface area contributed by atoms with Crippen molar-refractivity contribution in [2.45, 2.75) is 60.0 Å². The van der Waals surface area contributed by atoms with Crippen LogP contribution in [0.15, 0.2) is 0 Å². The molecule has 3 nitrogen and oxygen atoms in total. The van der Waals surface area contributed by atoms with E-state index in [-0.39, 0.29) is 6.10 Å². The highest BCUT2D eigenvalue weighted by molar-refractivity contribution is 6.30. The van der Waals surface area contributed by atoms with Gasteiger partial charge in [0.05, 0.1) is 0 Å². The Morgan fingerprint density at radius 2 is 1.84 bits per heavy atom. The Bertz CT molecular complexity index is 473. The molecule has 0 amide bonds. The highest BCUT2D eigenvalue weighted by Crippen LogP contribution is 2.40. The Morgan fingerprint density at radius 3 is 2.47 bits per heavy atom. The summed E-state index contributed by atoms with van der Waals surface area (Å²) in [6.07, 6.45) is 3.65. The summed E-state index contributed by atoms with van der Waals surface area (Å²) in [5, 5.41) is 8.51. The number of ether oxygens (including phenoxy) is 1. The minimum atomic E-state index is 0.229. The van der Waals surface area contributed by atoms with E-state index < -0.39 is 0 Å². The average Bonchev–Trinajstić information content (AvgIpc) is 2.27. The van der Waals surface area contributed by atoms with Crippen molar-refractivity contribution in [2.24, 2.45) is 11.3 Å². The van der Waals surface area contributed by atoms with Gasteiger partial charge in [-0.2, -0.15) is 0 Å². The molecule has 1 aromatic heterocycles. The van der Waals surface area contributed by atoms with Gasteiger partial charge < -0.3 is 4.74 Å². The molecule has 0 N–H and O–H groups in total. The molecule has 1 saturated carbocycles. The molecule has 0 spiro atoms. The molecule has 2 unspecified atom stereocenters. The van der Waals surface area contributed by atoms with Gasteiger partial charge in [-0.15, -0.1) is 10.2 Å². The summed E-state index contributed by atoms with van der Waals surface area (Å²) < 4.78 is 6.10. The SMILES string of the molecule is Cc1c(Cl)nnc(OC2CC(C)CC(C)(C)C2)c1C. The van der Waals surface area contributed by atoms with Crippen molar-refractivity contribution in [1.29, 1.82) is 0 Å². The monoisotopic (exact) mass is 282 g/mol. The van der Waals surface area contributed by atoms with Crippen LogP contribution < -0.4 is 4.74 Å². The number of rotatable bonds is 2. The summed E-state index contributed by atoms with van der Waals surface area (Å²) in [6, 6.07) is 0. The number of hydrogen-bond acceptors (Lipinski definition) is 3. The van der Waals surface area contributed by atoms with E-state index in [9.17, 15) is 0 Å². The lowest BCUT2D eigenvalue weighted by molar-refractivity contribution is 0.0520. The first-order valence-electron chi connectivity index (χ1n) is 6.94. The second-order valence-corrected chi connectivity index (χ2v) is 7.06. The number of nitrogens with zero attached hydrogens (tertiary/aromatic N) is 2. The van der Waals surface area contributed by atoms with Crippen LogP contribution in [-0.4, -0.2) is 16.3 Å². The summed E-state index contributed by atoms with van der Waals surface area (Å²) >= 11 is 5.97. The summed E-state index contributed by atoms with van der Waals surface area (Å²) in [5.74, 6) is 1.33. The van der Waals surface area contributed by atoms with E-state index in [0.717, 1.165) is 24.0 Å². The van der Waals surface area contributed by atoms with Crippen molar-refractivity contribution >= 4 is 11.6 Å². The van der Waals surface area contributed by atoms with E-state index in [0.29, 0.717) is 22.4 Å². The van der Waals surface area contributed by atoms with Crippen molar-refractivity contribution in [3.63, 3.8) is 0 Å². The minimum Gasteiger partial charge on any atom is -0.473 e. The van der Waals surface area contributed by atoms with Crippen LogP contribution in [0.5, 0.6) is 5.88 Å². The third-order valence-corrected chi connectivity index (χ3v) is 4.41. The second kappa shape index (κ2) is 5.28. The van der Waals surface area contributed by atoms with Crippen molar-refractivity contribution in [3.05, 3.63) is 16.3 Å². The summed E-state index contributed by atoms with van der Waals surface area (Å²) in [6.45, 7) is 10.9. The smallest absolute Gasteiger partial charge is 0.237 e. The van der Waals surface area contributed by atoms with Gasteiger partial charge in [-0.05, 0) is 50.0 Å². The molecular formula is C15H23ClN2O. The lowest BCUT2D eigenvalue weighted by atomic mass is 9.71. The molecule has 0 radical (unpaired) electrons. The van der Waals surface area contributed by atoms with E-state index in [1.165, 1.54) is 6.42 Å². The van der Waals surface area contributed by atoms with Gasteiger partial charge >= 0.3 is 0 Å². The predicted octanol–water partition coefficient (Wildman–Crippen LogP) is 4.34. The van der Waals surface area contributed by atoms with Crippen molar-refractivity contribution in [2.75, 3.05) is 0 Å². The maximum absolute atomic E-state index is 6.10. The molecule has 106 valence electrons. The second-order valence-electron chi connectivity index (χ2n) is 6.70. The van der Waals surface area contributed by atoms with Gasteiger partial charge in [0.15, 0.2) is 5.15 Å². The Kier molecular flexibility index (Phi) is 4.05. The fraction of sp³-hybridized carbons (Fsp3) is 0.733. The van der Waals surface area contributed by atoms with Gasteiger partial charge in [0.2, 0.25) is 5.88 Å². The van der Waals surface area contributed by atoms with E-state index in [1.807, 2.05) is 13.8 Å². The molecule has 1 fully saturated rings. The Morgan fingerprint density at radius 1 is 1.16 bits per heavy atom. The van der Waals surface area contributed by atoms with Gasteiger partial charge in [0.25, 0.3) is 0 Å². The molecule has 2 rings (SSSR count). The van der Waals surface area contributed by atoms with Crippen molar-refractivity contribution < 1.29 is 4.74 Å². The minimum absolute atomic E-state index is 0.229. The zero-order chi connectivity index (χ0) is 14.2. The van der Waals surface area contributed by atoms with E-state index in [2.05, 4.69) is 31.0 Å². The fourth-order valence-corrected chi connectivity index (χ4v) is 3.35. The predicted molar refractivity (Wildman–Crippen MR) is 77.7 cm³/mol. The maximum Gasteiger partial charge on any atom is 0.237 e. The normalized spacial score (nSPS) is 26.2. The highest BCUT2D eigenvalue weighted by atomic mass is 35.5. The third-order valence-electron chi connectivity index (χ3n) is 4.05. The number of halogens is 1. The van der Waals surface area contributed by atoms with Crippen LogP contribution in [0.4, 0.5) is 0 Å². The summed E-state index contributed by atoms with van der Waals surface area (Å²) in [4.78, 5) is 0. The summed E-state index contributed by atoms with van der Waals surface area (Å²) in [7, 11) is 0. The van der Waals surface area contributed by atoms with Crippen LogP contribution in [0, 0.1) is 25.2 Å². The molecule has 0 bridgehead atoms. The Balaban J connectivity index is 2.15. The Hall–Kier alpha value is -0.830. The molecule has 1 aliphatic carbocycles. The lowest BCUT2D eigenvalue weighted by Crippen LogP contribution is -2.34. The molecule has 1 heterocycles. The van der Waals surface area contributed by atoms with E-state index in [1.54, 1.807) is 0 Å². The van der Waals surface area contributed by atoms with Gasteiger partial charge in [-0.3, -0.25) is 0 Å². The first kappa shape index (κ1) is 14.6. The van der Waals surface area contributed by atoms with Gasteiger partial charge in [0.1, 0.15) is 6.10 Å². The number of hydrogen-bond donors (Lipinski definition) is 0. The van der Waals surface area contributed by atoms with Crippen LogP contribution in [0.25, 0.3) is 0 Å². The maximum atomic E-state index is 6.10. The molecule has 1 aliphatic rings. The zero-order valence-corrected chi connectivity index (χ0v) is 13.2. The molecule has 0 saturated heterocycles. The molecule has 0 aromatic carbocycles. The van der Waals surface area contributed by atoms with E-state index in [4.69, 9.17) is 16.3 Å². The Labute approximate surface area is 120 Å². The first-order chi connectivity index (χ1) is 8.78. The lowest BCUT2D eigenvalue weighted by Gasteiger charge is -2.38. The van der Waals surface area contributed by atoms with Gasteiger partial charge in [-0.25, -0.2) is 0 Å².